The van der Waals surface area contributed by atoms with Crippen LogP contribution in [0.3, 0.4) is 0 Å². The Hall–Kier alpha value is -0.510. The summed E-state index contributed by atoms with van der Waals surface area (Å²) in [4.78, 5) is 4.11. The molecule has 2 rings (SSSR count). The number of rotatable bonds is 7. The summed E-state index contributed by atoms with van der Waals surface area (Å²) in [5.41, 5.74) is 0.293. The third-order valence-corrected chi connectivity index (χ3v) is 5.62. The molecular formula is C18H30N2S. The van der Waals surface area contributed by atoms with Gasteiger partial charge in [-0.3, -0.25) is 4.90 Å². The fourth-order valence-corrected chi connectivity index (χ4v) is 3.95. The normalized spacial score (nSPS) is 26.9. The number of thioether (sulfide) groups is 1. The maximum atomic E-state index is 3.77. The lowest BCUT2D eigenvalue weighted by Gasteiger charge is -2.46. The van der Waals surface area contributed by atoms with Crippen molar-refractivity contribution in [3.8, 4) is 0 Å². The van der Waals surface area contributed by atoms with Gasteiger partial charge in [-0.05, 0) is 31.9 Å². The van der Waals surface area contributed by atoms with E-state index in [-0.39, 0.29) is 0 Å². The van der Waals surface area contributed by atoms with Gasteiger partial charge in [0.05, 0.1) is 0 Å². The van der Waals surface area contributed by atoms with Crippen LogP contribution in [0.25, 0.3) is 0 Å². The molecule has 1 aliphatic heterocycles. The first kappa shape index (κ1) is 16.9. The minimum absolute atomic E-state index is 0.293. The molecule has 1 saturated heterocycles. The molecule has 3 heteroatoms. The molecule has 21 heavy (non-hydrogen) atoms. The van der Waals surface area contributed by atoms with Crippen molar-refractivity contribution < 1.29 is 0 Å². The molecule has 2 nitrogen and oxygen atoms in total. The highest BCUT2D eigenvalue weighted by Gasteiger charge is 2.33. The highest BCUT2D eigenvalue weighted by Crippen LogP contribution is 2.23. The summed E-state index contributed by atoms with van der Waals surface area (Å²) in [7, 11) is 0. The summed E-state index contributed by atoms with van der Waals surface area (Å²) < 4.78 is 0. The molecule has 0 radical (unpaired) electrons. The first-order valence-corrected chi connectivity index (χ1v) is 9.32. The van der Waals surface area contributed by atoms with E-state index in [1.807, 2.05) is 11.8 Å². The van der Waals surface area contributed by atoms with Gasteiger partial charge in [0, 0.05) is 41.9 Å². The molecule has 1 aromatic carbocycles. The van der Waals surface area contributed by atoms with E-state index in [9.17, 15) is 0 Å². The Morgan fingerprint density at radius 1 is 1.29 bits per heavy atom. The van der Waals surface area contributed by atoms with Crippen LogP contribution in [0.2, 0.25) is 0 Å². The van der Waals surface area contributed by atoms with E-state index in [4.69, 9.17) is 0 Å². The van der Waals surface area contributed by atoms with Crippen molar-refractivity contribution in [3.05, 3.63) is 30.3 Å². The monoisotopic (exact) mass is 306 g/mol. The quantitative estimate of drug-likeness (QED) is 0.766. The Morgan fingerprint density at radius 2 is 2.05 bits per heavy atom. The van der Waals surface area contributed by atoms with Crippen LogP contribution in [0.4, 0.5) is 0 Å². The average molecular weight is 307 g/mol. The summed E-state index contributed by atoms with van der Waals surface area (Å²) in [5.74, 6) is 1.18. The molecule has 2 atom stereocenters. The van der Waals surface area contributed by atoms with E-state index >= 15 is 0 Å². The zero-order valence-electron chi connectivity index (χ0n) is 13.8. The lowest BCUT2D eigenvalue weighted by molar-refractivity contribution is 0.0853. The first-order chi connectivity index (χ1) is 10.2. The second-order valence-electron chi connectivity index (χ2n) is 6.37. The smallest absolute Gasteiger partial charge is 0.0278 e. The maximum Gasteiger partial charge on any atom is 0.0278 e. The molecule has 0 aromatic heterocycles. The summed E-state index contributed by atoms with van der Waals surface area (Å²) in [6, 6.07) is 11.5. The van der Waals surface area contributed by atoms with Gasteiger partial charge >= 0.3 is 0 Å². The zero-order valence-corrected chi connectivity index (χ0v) is 14.6. The molecule has 1 aromatic rings. The van der Waals surface area contributed by atoms with Gasteiger partial charge in [-0.2, -0.15) is 0 Å². The molecule has 0 saturated carbocycles. The van der Waals surface area contributed by atoms with E-state index in [1.165, 1.54) is 43.0 Å². The predicted molar refractivity (Wildman–Crippen MR) is 94.1 cm³/mol. The highest BCUT2D eigenvalue weighted by atomic mass is 32.2. The molecule has 0 bridgehead atoms. The molecule has 0 spiro atoms. The topological polar surface area (TPSA) is 15.3 Å². The number of nitrogens with zero attached hydrogens (tertiary/aromatic N) is 1. The van der Waals surface area contributed by atoms with Gasteiger partial charge in [0.15, 0.2) is 0 Å². The first-order valence-electron chi connectivity index (χ1n) is 8.34. The fraction of sp³-hybridized carbons (Fsp3) is 0.667. The molecule has 0 amide bonds. The molecule has 1 fully saturated rings. The molecule has 118 valence electrons. The van der Waals surface area contributed by atoms with Gasteiger partial charge in [-0.1, -0.05) is 38.5 Å². The van der Waals surface area contributed by atoms with E-state index in [2.05, 4.69) is 61.3 Å². The van der Waals surface area contributed by atoms with E-state index in [0.29, 0.717) is 11.6 Å². The van der Waals surface area contributed by atoms with Crippen LogP contribution in [0, 0.1) is 0 Å². The summed E-state index contributed by atoms with van der Waals surface area (Å²) in [6.45, 7) is 10.5. The fourth-order valence-electron chi connectivity index (χ4n) is 3.04. The molecule has 1 aliphatic rings. The molecule has 1 heterocycles. The van der Waals surface area contributed by atoms with Crippen LogP contribution in [-0.2, 0) is 0 Å². The molecule has 2 unspecified atom stereocenters. The maximum absolute atomic E-state index is 3.77. The Labute approximate surface area is 134 Å². The average Bonchev–Trinajstić information content (AvgIpc) is 2.51. The van der Waals surface area contributed by atoms with Crippen LogP contribution in [0.5, 0.6) is 0 Å². The van der Waals surface area contributed by atoms with Crippen molar-refractivity contribution in [1.29, 1.82) is 0 Å². The zero-order chi connectivity index (χ0) is 15.1. The van der Waals surface area contributed by atoms with Crippen molar-refractivity contribution in [2.75, 3.05) is 25.4 Å². The standard InChI is InChI=1S/C18H30N2S/c1-4-9-16-14-19-18(3,5-2)15-20(16)12-13-21-17-10-7-6-8-11-17/h6-8,10-11,16,19H,4-5,9,12-15H2,1-3H3. The Bertz CT molecular complexity index is 409. The van der Waals surface area contributed by atoms with Crippen LogP contribution >= 0.6 is 11.8 Å². The lowest BCUT2D eigenvalue weighted by Crippen LogP contribution is -2.62. The summed E-state index contributed by atoms with van der Waals surface area (Å²) >= 11 is 1.98. The van der Waals surface area contributed by atoms with Crippen molar-refractivity contribution >= 4 is 11.8 Å². The second-order valence-corrected chi connectivity index (χ2v) is 7.54. The molecule has 1 N–H and O–H groups in total. The van der Waals surface area contributed by atoms with Gasteiger partial charge in [0.1, 0.15) is 0 Å². The minimum Gasteiger partial charge on any atom is -0.309 e. The Balaban J connectivity index is 1.87. The second kappa shape index (κ2) is 8.21. The van der Waals surface area contributed by atoms with Crippen molar-refractivity contribution in [1.82, 2.24) is 10.2 Å². The third-order valence-electron chi connectivity index (χ3n) is 4.63. The van der Waals surface area contributed by atoms with Crippen LogP contribution in [-0.4, -0.2) is 41.9 Å². The minimum atomic E-state index is 0.293. The summed E-state index contributed by atoms with van der Waals surface area (Å²) in [5, 5.41) is 3.77. The van der Waals surface area contributed by atoms with Crippen LogP contribution in [0.15, 0.2) is 35.2 Å². The van der Waals surface area contributed by atoms with Gasteiger partial charge in [0.25, 0.3) is 0 Å². The highest BCUT2D eigenvalue weighted by molar-refractivity contribution is 7.99. The number of nitrogens with one attached hydrogen (secondary N) is 1. The largest absolute Gasteiger partial charge is 0.309 e. The number of piperazine rings is 1. The van der Waals surface area contributed by atoms with Gasteiger partial charge in [-0.25, -0.2) is 0 Å². The third kappa shape index (κ3) is 5.01. The van der Waals surface area contributed by atoms with E-state index in [1.54, 1.807) is 0 Å². The number of hydrogen-bond acceptors (Lipinski definition) is 3. The SMILES string of the molecule is CCCC1CNC(C)(CC)CN1CCSc1ccccc1. The number of benzene rings is 1. The molecule has 0 aliphatic carbocycles. The van der Waals surface area contributed by atoms with Crippen molar-refractivity contribution in [2.24, 2.45) is 0 Å². The Morgan fingerprint density at radius 3 is 2.71 bits per heavy atom. The van der Waals surface area contributed by atoms with E-state index in [0.717, 1.165) is 6.54 Å². The predicted octanol–water partition coefficient (Wildman–Crippen LogP) is 4.02. The van der Waals surface area contributed by atoms with Crippen molar-refractivity contribution in [3.63, 3.8) is 0 Å². The molecular weight excluding hydrogens is 276 g/mol. The van der Waals surface area contributed by atoms with Gasteiger partial charge in [0.2, 0.25) is 0 Å². The van der Waals surface area contributed by atoms with Crippen LogP contribution < -0.4 is 5.32 Å². The lowest BCUT2D eigenvalue weighted by atomic mass is 9.92. The van der Waals surface area contributed by atoms with Crippen molar-refractivity contribution in [2.45, 2.75) is 56.5 Å². The van der Waals surface area contributed by atoms with E-state index < -0.39 is 0 Å². The Kier molecular flexibility index (Phi) is 6.59. The van der Waals surface area contributed by atoms with Gasteiger partial charge in [-0.15, -0.1) is 11.8 Å². The summed E-state index contributed by atoms with van der Waals surface area (Å²) in [6.07, 6.45) is 3.79. The van der Waals surface area contributed by atoms with Crippen LogP contribution in [0.1, 0.15) is 40.0 Å². The number of hydrogen-bond donors (Lipinski definition) is 1. The van der Waals surface area contributed by atoms with Gasteiger partial charge < -0.3 is 5.32 Å².